The Morgan fingerprint density at radius 2 is 0.658 bits per heavy atom. The third-order valence-electron chi connectivity index (χ3n) is 13.6. The van der Waals surface area contributed by atoms with E-state index < -0.39 is 0 Å². The van der Waals surface area contributed by atoms with Gasteiger partial charge in [-0.25, -0.2) is 0 Å². The van der Waals surface area contributed by atoms with Crippen LogP contribution in [0.2, 0.25) is 0 Å². The highest BCUT2D eigenvalue weighted by atomic mass is 16.5. The first-order chi connectivity index (χ1) is 38.9. The standard InChI is InChI=1S/C53H84N20O6/c74-46(40-60-42-8-1-10-44(38-42)62-52-66-48(56-14-4-18-70-22-30-76-31-23-70)64-49(67-52)57-15-5-19-71-24-32-77-33-25-71)54-12-3-13-55-47(75)41-61-43-9-2-11-45(39-43)63-53-68-50(58-16-6-20-72-26-34-78-35-27-72)65-51(69-53)59-17-7-21-73-28-36-79-37-29-73/h1-2,8-11,38-39,60-61H,3-7,12-37,40-41H2,(H,54,74)(H,55,75)(H3,56,57,62,64,66,67)(H3,58,59,63,65,68,69). The van der Waals surface area contributed by atoms with Gasteiger partial charge in [-0.2, -0.15) is 29.9 Å². The van der Waals surface area contributed by atoms with Gasteiger partial charge in [-0.3, -0.25) is 29.2 Å². The van der Waals surface area contributed by atoms with Crippen molar-refractivity contribution in [1.29, 1.82) is 0 Å². The number of carbonyl (C=O) groups is 2. The minimum atomic E-state index is -0.165. The SMILES string of the molecule is O=C(CNc1cccc(Nc2nc(NCCCN3CCOCC3)nc(NCCCN3CCOCC3)n2)c1)NCCCNC(=O)CNc1cccc(Nc2nc(NCCCN3CCOCC3)nc(NCCCN3CCOCC3)n2)c1. The average Bonchev–Trinajstić information content (AvgIpc) is 3.48. The van der Waals surface area contributed by atoms with Gasteiger partial charge in [0.05, 0.1) is 65.9 Å². The first kappa shape index (κ1) is 58.6. The fourth-order valence-corrected chi connectivity index (χ4v) is 9.20. The van der Waals surface area contributed by atoms with E-state index in [1.165, 1.54) is 0 Å². The number of benzene rings is 2. The molecule has 0 bridgehead atoms. The topological polar surface area (TPSA) is 282 Å². The van der Waals surface area contributed by atoms with E-state index in [0.717, 1.165) is 206 Å². The summed E-state index contributed by atoms with van der Waals surface area (Å²) in [4.78, 5) is 63.4. The number of aromatic nitrogens is 6. The molecule has 10 N–H and O–H groups in total. The summed E-state index contributed by atoms with van der Waals surface area (Å²) in [7, 11) is 0. The third kappa shape index (κ3) is 22.6. The Bertz CT molecular complexity index is 2150. The molecular weight excluding hydrogens is 1010 g/mol. The maximum Gasteiger partial charge on any atom is 0.239 e. The van der Waals surface area contributed by atoms with Gasteiger partial charge in [0.15, 0.2) is 0 Å². The molecule has 26 heteroatoms. The molecule has 0 aliphatic carbocycles. The minimum absolute atomic E-state index is 0.0747. The number of morpholine rings is 4. The van der Waals surface area contributed by atoms with Gasteiger partial charge in [0.2, 0.25) is 47.5 Å². The Kier molecular flexibility index (Phi) is 25.1. The zero-order chi connectivity index (χ0) is 54.4. The molecule has 0 spiro atoms. The summed E-state index contributed by atoms with van der Waals surface area (Å²) in [5.74, 6) is 2.45. The number of amides is 2. The lowest BCUT2D eigenvalue weighted by atomic mass is 10.2. The Labute approximate surface area is 464 Å². The van der Waals surface area contributed by atoms with E-state index in [2.05, 4.69) is 103 Å². The summed E-state index contributed by atoms with van der Waals surface area (Å²) >= 11 is 0. The molecule has 4 aliphatic rings. The summed E-state index contributed by atoms with van der Waals surface area (Å²) in [6, 6.07) is 15.2. The van der Waals surface area contributed by atoms with Crippen molar-refractivity contribution in [2.24, 2.45) is 0 Å². The summed E-state index contributed by atoms with van der Waals surface area (Å²) in [6.07, 6.45) is 4.35. The van der Waals surface area contributed by atoms with Crippen molar-refractivity contribution >= 4 is 70.3 Å². The second-order valence-corrected chi connectivity index (χ2v) is 19.7. The van der Waals surface area contributed by atoms with Crippen LogP contribution in [0.1, 0.15) is 32.1 Å². The van der Waals surface area contributed by atoms with E-state index in [4.69, 9.17) is 18.9 Å². The molecular formula is C53H84N20O6. The highest BCUT2D eigenvalue weighted by Crippen LogP contribution is 2.22. The molecule has 0 unspecified atom stereocenters. The lowest BCUT2D eigenvalue weighted by Crippen LogP contribution is -2.37. The van der Waals surface area contributed by atoms with Crippen LogP contribution in [0.25, 0.3) is 0 Å². The Balaban J connectivity index is 0.729. The van der Waals surface area contributed by atoms with Crippen molar-refractivity contribution in [3.63, 3.8) is 0 Å². The number of ether oxygens (including phenoxy) is 4. The van der Waals surface area contributed by atoms with Crippen LogP contribution >= 0.6 is 0 Å². The summed E-state index contributed by atoms with van der Waals surface area (Å²) in [5.41, 5.74) is 3.01. The van der Waals surface area contributed by atoms with Crippen LogP contribution < -0.4 is 53.2 Å². The van der Waals surface area contributed by atoms with Gasteiger partial charge in [0.1, 0.15) is 0 Å². The van der Waals surface area contributed by atoms with Crippen LogP contribution in [0.15, 0.2) is 48.5 Å². The molecule has 79 heavy (non-hydrogen) atoms. The summed E-state index contributed by atoms with van der Waals surface area (Å²) < 4.78 is 22.0. The lowest BCUT2D eigenvalue weighted by Gasteiger charge is -2.26. The van der Waals surface area contributed by atoms with E-state index in [-0.39, 0.29) is 24.9 Å². The van der Waals surface area contributed by atoms with Crippen LogP contribution in [-0.4, -0.2) is 245 Å². The van der Waals surface area contributed by atoms with Crippen molar-refractivity contribution in [2.45, 2.75) is 32.1 Å². The van der Waals surface area contributed by atoms with Crippen molar-refractivity contribution in [1.82, 2.24) is 60.1 Å². The van der Waals surface area contributed by atoms with Crippen molar-refractivity contribution in [3.8, 4) is 0 Å². The molecule has 2 aromatic heterocycles. The fraction of sp³-hybridized carbons (Fsp3) is 0.623. The largest absolute Gasteiger partial charge is 0.379 e. The van der Waals surface area contributed by atoms with E-state index in [9.17, 15) is 9.59 Å². The molecule has 0 atom stereocenters. The normalized spacial score (nSPS) is 16.6. The van der Waals surface area contributed by atoms with Gasteiger partial charge in [-0.1, -0.05) is 12.1 Å². The van der Waals surface area contributed by atoms with Crippen LogP contribution in [0.4, 0.5) is 58.4 Å². The van der Waals surface area contributed by atoms with E-state index in [1.807, 2.05) is 48.5 Å². The van der Waals surface area contributed by atoms with Gasteiger partial charge in [-0.15, -0.1) is 0 Å². The third-order valence-corrected chi connectivity index (χ3v) is 13.6. The molecule has 26 nitrogen and oxygen atoms in total. The smallest absolute Gasteiger partial charge is 0.239 e. The molecule has 2 amide bonds. The molecule has 4 aliphatic heterocycles. The molecule has 4 saturated heterocycles. The maximum atomic E-state index is 12.8. The van der Waals surface area contributed by atoms with E-state index >= 15 is 0 Å². The predicted octanol–water partition coefficient (Wildman–Crippen LogP) is 2.23. The second-order valence-electron chi connectivity index (χ2n) is 19.7. The van der Waals surface area contributed by atoms with Gasteiger partial charge in [-0.05, 0) is 94.7 Å². The minimum Gasteiger partial charge on any atom is -0.379 e. The Morgan fingerprint density at radius 1 is 0.367 bits per heavy atom. The van der Waals surface area contributed by atoms with E-state index in [1.54, 1.807) is 0 Å². The van der Waals surface area contributed by atoms with Crippen LogP contribution in [0, 0.1) is 0 Å². The van der Waals surface area contributed by atoms with E-state index in [0.29, 0.717) is 55.2 Å². The number of anilines is 10. The Morgan fingerprint density at radius 3 is 0.975 bits per heavy atom. The molecule has 0 radical (unpaired) electrons. The second kappa shape index (κ2) is 33.8. The lowest BCUT2D eigenvalue weighted by molar-refractivity contribution is -0.119. The number of carbonyl (C=O) groups excluding carboxylic acids is 2. The Hall–Kier alpha value is -6.52. The maximum absolute atomic E-state index is 12.8. The molecule has 2 aromatic carbocycles. The average molecular weight is 1100 g/mol. The number of nitrogens with zero attached hydrogens (tertiary/aromatic N) is 10. The highest BCUT2D eigenvalue weighted by Gasteiger charge is 2.16. The van der Waals surface area contributed by atoms with Crippen molar-refractivity contribution < 1.29 is 28.5 Å². The van der Waals surface area contributed by atoms with Gasteiger partial charge in [0.25, 0.3) is 0 Å². The molecule has 4 fully saturated rings. The molecule has 0 saturated carbocycles. The zero-order valence-corrected chi connectivity index (χ0v) is 45.9. The monoisotopic (exact) mass is 1100 g/mol. The first-order valence-corrected chi connectivity index (χ1v) is 28.4. The number of nitrogens with one attached hydrogen (secondary N) is 10. The zero-order valence-electron chi connectivity index (χ0n) is 45.9. The summed E-state index contributed by atoms with van der Waals surface area (Å²) in [6.45, 7) is 21.6. The van der Waals surface area contributed by atoms with Crippen molar-refractivity contribution in [2.75, 3.05) is 226 Å². The summed E-state index contributed by atoms with van der Waals surface area (Å²) in [5, 5.41) is 32.5. The molecule has 6 heterocycles. The van der Waals surface area contributed by atoms with Gasteiger partial charge >= 0.3 is 0 Å². The van der Waals surface area contributed by atoms with Gasteiger partial charge in [0, 0.05) is 114 Å². The van der Waals surface area contributed by atoms with Crippen LogP contribution in [0.3, 0.4) is 0 Å². The highest BCUT2D eigenvalue weighted by molar-refractivity contribution is 5.82. The van der Waals surface area contributed by atoms with Crippen molar-refractivity contribution in [3.05, 3.63) is 48.5 Å². The van der Waals surface area contributed by atoms with Crippen LogP contribution in [0.5, 0.6) is 0 Å². The molecule has 4 aromatic rings. The van der Waals surface area contributed by atoms with Crippen LogP contribution in [-0.2, 0) is 28.5 Å². The molecule has 8 rings (SSSR count). The fourth-order valence-electron chi connectivity index (χ4n) is 9.20. The number of rotatable bonds is 34. The first-order valence-electron chi connectivity index (χ1n) is 28.4. The number of hydrogen-bond acceptors (Lipinski definition) is 24. The predicted molar refractivity (Wildman–Crippen MR) is 308 cm³/mol. The molecule has 432 valence electrons. The van der Waals surface area contributed by atoms with Gasteiger partial charge < -0.3 is 72.1 Å². The quantitative estimate of drug-likeness (QED) is 0.0300. The number of hydrogen-bond donors (Lipinski definition) is 10.